The van der Waals surface area contributed by atoms with Crippen LogP contribution in [0.4, 0.5) is 0 Å². The summed E-state index contributed by atoms with van der Waals surface area (Å²) in [5, 5.41) is 11.9. The maximum atomic E-state index is 10.8. The first-order valence-corrected chi connectivity index (χ1v) is 6.38. The van der Waals surface area contributed by atoms with E-state index in [-0.39, 0.29) is 12.2 Å². The van der Waals surface area contributed by atoms with E-state index in [1.807, 2.05) is 0 Å². The molecule has 0 aliphatic carbocycles. The Balaban J connectivity index is 2.33. The van der Waals surface area contributed by atoms with Crippen molar-refractivity contribution >= 4 is 27.8 Å². The van der Waals surface area contributed by atoms with Gasteiger partial charge in [-0.1, -0.05) is 22.0 Å². The number of halogens is 1. The number of ether oxygens (including phenoxy) is 1. The third-order valence-electron chi connectivity index (χ3n) is 2.28. The summed E-state index contributed by atoms with van der Waals surface area (Å²) in [4.78, 5) is 21.2. The molecule has 1 rings (SSSR count). The van der Waals surface area contributed by atoms with Crippen LogP contribution in [-0.4, -0.2) is 36.7 Å². The van der Waals surface area contributed by atoms with Crippen LogP contribution in [0, 0.1) is 0 Å². The van der Waals surface area contributed by atoms with E-state index in [0.717, 1.165) is 10.0 Å². The molecule has 0 heterocycles. The van der Waals surface area contributed by atoms with Crippen molar-refractivity contribution in [2.45, 2.75) is 6.54 Å². The van der Waals surface area contributed by atoms with E-state index < -0.39 is 11.9 Å². The largest absolute Gasteiger partial charge is 0.478 e. The van der Waals surface area contributed by atoms with Crippen LogP contribution in [0.2, 0.25) is 0 Å². The van der Waals surface area contributed by atoms with Crippen LogP contribution in [0.1, 0.15) is 15.9 Å². The van der Waals surface area contributed by atoms with Gasteiger partial charge >= 0.3 is 5.97 Å². The van der Waals surface area contributed by atoms with Gasteiger partial charge in [0.05, 0.1) is 12.2 Å². The summed E-state index contributed by atoms with van der Waals surface area (Å²) in [6.07, 6.45) is 0. The molecule has 0 radical (unpaired) electrons. The van der Waals surface area contributed by atoms with Gasteiger partial charge in [-0.25, -0.2) is 4.79 Å². The number of carboxylic acids is 1. The van der Waals surface area contributed by atoms with Gasteiger partial charge in [0.1, 0.15) is 6.61 Å². The Hall–Kier alpha value is -1.44. The fourth-order valence-electron chi connectivity index (χ4n) is 1.36. The molecule has 19 heavy (non-hydrogen) atoms. The van der Waals surface area contributed by atoms with Gasteiger partial charge in [0.25, 0.3) is 0 Å². The van der Waals surface area contributed by atoms with E-state index in [0.29, 0.717) is 19.7 Å². The molecular weight excluding hydrogens is 316 g/mol. The molecule has 0 spiro atoms. The van der Waals surface area contributed by atoms with Crippen molar-refractivity contribution in [3.63, 3.8) is 0 Å². The Morgan fingerprint density at radius 2 is 2.16 bits per heavy atom. The number of carboxylic acid groups (broad SMARTS) is 1. The molecular formula is C12H15BrN2O4. The predicted octanol–water partition coefficient (Wildman–Crippen LogP) is 0.739. The molecule has 4 N–H and O–H groups in total. The smallest absolute Gasteiger partial charge is 0.335 e. The van der Waals surface area contributed by atoms with Crippen molar-refractivity contribution < 1.29 is 19.4 Å². The van der Waals surface area contributed by atoms with Gasteiger partial charge in [0.2, 0.25) is 5.91 Å². The number of benzene rings is 1. The van der Waals surface area contributed by atoms with Gasteiger partial charge in [-0.15, -0.1) is 0 Å². The summed E-state index contributed by atoms with van der Waals surface area (Å²) in [5.74, 6) is -1.45. The average Bonchev–Trinajstić information content (AvgIpc) is 2.34. The molecule has 0 aliphatic rings. The van der Waals surface area contributed by atoms with Crippen LogP contribution in [0.3, 0.4) is 0 Å². The number of carbonyl (C=O) groups is 2. The Kier molecular flexibility index (Phi) is 6.48. The van der Waals surface area contributed by atoms with Gasteiger partial charge in [0.15, 0.2) is 0 Å². The van der Waals surface area contributed by atoms with E-state index in [1.54, 1.807) is 18.2 Å². The molecule has 0 aliphatic heterocycles. The Morgan fingerprint density at radius 1 is 1.42 bits per heavy atom. The zero-order valence-corrected chi connectivity index (χ0v) is 11.8. The topological polar surface area (TPSA) is 102 Å². The van der Waals surface area contributed by atoms with E-state index in [1.165, 1.54) is 0 Å². The van der Waals surface area contributed by atoms with Crippen LogP contribution in [0.15, 0.2) is 22.7 Å². The third-order valence-corrected chi connectivity index (χ3v) is 3.02. The third kappa shape index (κ3) is 5.82. The molecule has 0 atom stereocenters. The highest BCUT2D eigenvalue weighted by Gasteiger charge is 2.06. The molecule has 7 heteroatoms. The quantitative estimate of drug-likeness (QED) is 0.610. The molecule has 0 fully saturated rings. The molecule has 0 saturated carbocycles. The first-order chi connectivity index (χ1) is 9.00. The average molecular weight is 331 g/mol. The lowest BCUT2D eigenvalue weighted by molar-refractivity contribution is -0.122. The maximum absolute atomic E-state index is 10.8. The fraction of sp³-hybridized carbons (Fsp3) is 0.333. The highest BCUT2D eigenvalue weighted by atomic mass is 79.9. The number of nitrogens with two attached hydrogens (primary N) is 1. The first-order valence-electron chi connectivity index (χ1n) is 5.59. The van der Waals surface area contributed by atoms with Crippen molar-refractivity contribution in [2.24, 2.45) is 5.73 Å². The first kappa shape index (κ1) is 15.6. The van der Waals surface area contributed by atoms with E-state index in [2.05, 4.69) is 21.2 Å². The SMILES string of the molecule is NC(=O)COCCNCc1ccc(C(=O)O)cc1Br. The van der Waals surface area contributed by atoms with Crippen molar-refractivity contribution in [1.29, 1.82) is 0 Å². The van der Waals surface area contributed by atoms with Crippen LogP contribution in [-0.2, 0) is 16.1 Å². The molecule has 1 amide bonds. The molecule has 1 aromatic carbocycles. The number of amides is 1. The van der Waals surface area contributed by atoms with Gasteiger partial charge in [-0.3, -0.25) is 4.79 Å². The van der Waals surface area contributed by atoms with Crippen LogP contribution in [0.25, 0.3) is 0 Å². The second kappa shape index (κ2) is 7.88. The molecule has 0 saturated heterocycles. The Bertz CT molecular complexity index is 465. The predicted molar refractivity (Wildman–Crippen MR) is 72.8 cm³/mol. The molecule has 1 aromatic rings. The molecule has 0 unspecified atom stereocenters. The van der Waals surface area contributed by atoms with Crippen molar-refractivity contribution in [3.05, 3.63) is 33.8 Å². The van der Waals surface area contributed by atoms with Gasteiger partial charge in [-0.05, 0) is 17.7 Å². The Labute approximate surface area is 119 Å². The van der Waals surface area contributed by atoms with E-state index >= 15 is 0 Å². The number of hydrogen-bond acceptors (Lipinski definition) is 4. The lowest BCUT2D eigenvalue weighted by atomic mass is 10.1. The normalized spacial score (nSPS) is 10.4. The number of carbonyl (C=O) groups excluding carboxylic acids is 1. The highest BCUT2D eigenvalue weighted by Crippen LogP contribution is 2.18. The summed E-state index contributed by atoms with van der Waals surface area (Å²) in [6, 6.07) is 4.85. The summed E-state index contributed by atoms with van der Waals surface area (Å²) in [6.45, 7) is 1.44. The lowest BCUT2D eigenvalue weighted by Crippen LogP contribution is -2.23. The minimum Gasteiger partial charge on any atom is -0.478 e. The maximum Gasteiger partial charge on any atom is 0.335 e. The number of aromatic carboxylic acids is 1. The Morgan fingerprint density at radius 3 is 2.74 bits per heavy atom. The zero-order chi connectivity index (χ0) is 14.3. The number of nitrogens with one attached hydrogen (secondary N) is 1. The highest BCUT2D eigenvalue weighted by molar-refractivity contribution is 9.10. The summed E-state index contributed by atoms with van der Waals surface area (Å²) in [7, 11) is 0. The zero-order valence-electron chi connectivity index (χ0n) is 10.2. The molecule has 0 aromatic heterocycles. The van der Waals surface area contributed by atoms with Crippen LogP contribution < -0.4 is 11.1 Å². The van der Waals surface area contributed by atoms with Crippen molar-refractivity contribution in [2.75, 3.05) is 19.8 Å². The van der Waals surface area contributed by atoms with Crippen molar-refractivity contribution in [1.82, 2.24) is 5.32 Å². The molecule has 0 bridgehead atoms. The minimum absolute atomic E-state index is 0.0846. The molecule has 104 valence electrons. The standard InChI is InChI=1S/C12H15BrN2O4/c13-10-5-8(12(17)18)1-2-9(10)6-15-3-4-19-7-11(14)16/h1-2,5,15H,3-4,6-7H2,(H2,14,16)(H,17,18). The van der Waals surface area contributed by atoms with Crippen LogP contribution in [0.5, 0.6) is 0 Å². The second-order valence-electron chi connectivity index (χ2n) is 3.81. The molecule has 6 nitrogen and oxygen atoms in total. The van der Waals surface area contributed by atoms with Crippen LogP contribution >= 0.6 is 15.9 Å². The van der Waals surface area contributed by atoms with E-state index in [9.17, 15) is 9.59 Å². The van der Waals surface area contributed by atoms with E-state index in [4.69, 9.17) is 15.6 Å². The minimum atomic E-state index is -0.958. The summed E-state index contributed by atoms with van der Waals surface area (Å²) in [5.41, 5.74) is 6.10. The van der Waals surface area contributed by atoms with Gasteiger partial charge < -0.3 is 20.9 Å². The summed E-state index contributed by atoms with van der Waals surface area (Å²) < 4.78 is 5.72. The number of rotatable bonds is 8. The fourth-order valence-corrected chi connectivity index (χ4v) is 1.88. The monoisotopic (exact) mass is 330 g/mol. The van der Waals surface area contributed by atoms with Gasteiger partial charge in [0, 0.05) is 17.6 Å². The lowest BCUT2D eigenvalue weighted by Gasteiger charge is -2.08. The number of hydrogen-bond donors (Lipinski definition) is 3. The summed E-state index contributed by atoms with van der Waals surface area (Å²) >= 11 is 3.32. The van der Waals surface area contributed by atoms with Gasteiger partial charge in [-0.2, -0.15) is 0 Å². The van der Waals surface area contributed by atoms with Crippen molar-refractivity contribution in [3.8, 4) is 0 Å². The second-order valence-corrected chi connectivity index (χ2v) is 4.66. The number of primary amides is 1.